The molecule has 3 N–H and O–H groups in total. The van der Waals surface area contributed by atoms with Crippen LogP contribution in [0.15, 0.2) is 58.7 Å². The summed E-state index contributed by atoms with van der Waals surface area (Å²) >= 11 is 1.62. The number of hydrogen-bond acceptors (Lipinski definition) is 4. The summed E-state index contributed by atoms with van der Waals surface area (Å²) in [6.07, 6.45) is 3.48. The molecule has 142 valence electrons. The van der Waals surface area contributed by atoms with E-state index >= 15 is 0 Å². The maximum Gasteiger partial charge on any atom is 0.0850 e. The van der Waals surface area contributed by atoms with Crippen LogP contribution in [0.2, 0.25) is 0 Å². The maximum absolute atomic E-state index is 11.0. The molecule has 0 bridgehead atoms. The third kappa shape index (κ3) is 4.43. The van der Waals surface area contributed by atoms with Crippen LogP contribution < -0.4 is 0 Å². The Kier molecular flexibility index (Phi) is 6.37. The molecule has 3 aromatic rings. The second-order valence-electron chi connectivity index (χ2n) is 7.00. The van der Waals surface area contributed by atoms with Crippen molar-refractivity contribution >= 4 is 11.8 Å². The molecule has 0 fully saturated rings. The largest absolute Gasteiger partial charge is 0.392 e. The number of nitrogens with zero attached hydrogens (tertiary/aromatic N) is 1. The first-order valence-electron chi connectivity index (χ1n) is 9.17. The van der Waals surface area contributed by atoms with Crippen LogP contribution in [0.25, 0.3) is 0 Å². The number of aryl methyl sites for hydroxylation is 1. The Bertz CT molecular complexity index is 891. The van der Waals surface area contributed by atoms with Crippen molar-refractivity contribution < 1.29 is 10.2 Å². The lowest BCUT2D eigenvalue weighted by atomic mass is 9.93. The quantitative estimate of drug-likeness (QED) is 0.551. The Balaban J connectivity index is 1.96. The minimum absolute atomic E-state index is 0.0113. The van der Waals surface area contributed by atoms with Gasteiger partial charge in [-0.1, -0.05) is 43.8 Å². The lowest BCUT2D eigenvalue weighted by Crippen LogP contribution is -2.06. The molecule has 0 aliphatic carbocycles. The summed E-state index contributed by atoms with van der Waals surface area (Å²) in [6, 6.07) is 11.7. The molecule has 4 nitrogen and oxygen atoms in total. The third-order valence-corrected chi connectivity index (χ3v) is 5.83. The van der Waals surface area contributed by atoms with Crippen LogP contribution in [0.5, 0.6) is 0 Å². The van der Waals surface area contributed by atoms with Crippen molar-refractivity contribution in [2.24, 2.45) is 0 Å². The summed E-state index contributed by atoms with van der Waals surface area (Å²) in [6.45, 7) is 6.32. The molecule has 0 amide bonds. The van der Waals surface area contributed by atoms with Crippen LogP contribution in [0, 0.1) is 6.92 Å². The van der Waals surface area contributed by atoms with Crippen LogP contribution in [0.4, 0.5) is 0 Å². The molecule has 1 atom stereocenters. The molecule has 0 spiro atoms. The fourth-order valence-electron chi connectivity index (χ4n) is 3.40. The Labute approximate surface area is 164 Å². The third-order valence-electron chi connectivity index (χ3n) is 4.68. The zero-order valence-corrected chi connectivity index (χ0v) is 16.8. The van der Waals surface area contributed by atoms with Gasteiger partial charge in [0.05, 0.1) is 17.7 Å². The van der Waals surface area contributed by atoms with E-state index in [4.69, 9.17) is 0 Å². The van der Waals surface area contributed by atoms with Crippen molar-refractivity contribution in [3.05, 3.63) is 76.7 Å². The van der Waals surface area contributed by atoms with Gasteiger partial charge in [0.15, 0.2) is 0 Å². The molecule has 0 aliphatic heterocycles. The number of rotatable bonds is 7. The van der Waals surface area contributed by atoms with E-state index in [2.05, 4.69) is 23.8 Å². The van der Waals surface area contributed by atoms with E-state index in [0.29, 0.717) is 6.42 Å². The van der Waals surface area contributed by atoms with Crippen molar-refractivity contribution in [1.82, 2.24) is 9.97 Å². The highest BCUT2D eigenvalue weighted by atomic mass is 32.2. The van der Waals surface area contributed by atoms with Gasteiger partial charge in [-0.15, -0.1) is 0 Å². The first-order chi connectivity index (χ1) is 13.0. The molecular weight excluding hydrogens is 356 g/mol. The van der Waals surface area contributed by atoms with E-state index in [9.17, 15) is 10.2 Å². The summed E-state index contributed by atoms with van der Waals surface area (Å²) in [5, 5.41) is 21.6. The van der Waals surface area contributed by atoms with Crippen molar-refractivity contribution in [2.45, 2.75) is 55.7 Å². The molecule has 0 saturated carbocycles. The predicted octanol–water partition coefficient (Wildman–Crippen LogP) is 4.76. The highest BCUT2D eigenvalue weighted by molar-refractivity contribution is 7.99. The SMILES string of the molecule is Cc1[nH]c(Sc2ccccc2CO)c(C(C)C)c1C(O)Cc1ccncc1. The molecule has 2 heterocycles. The Morgan fingerprint density at radius 1 is 1.07 bits per heavy atom. The zero-order chi connectivity index (χ0) is 19.4. The molecule has 0 radical (unpaired) electrons. The second-order valence-corrected chi connectivity index (χ2v) is 8.06. The van der Waals surface area contributed by atoms with E-state index in [-0.39, 0.29) is 12.5 Å². The summed E-state index contributed by atoms with van der Waals surface area (Å²) in [4.78, 5) is 8.54. The molecule has 0 aliphatic rings. The van der Waals surface area contributed by atoms with Gasteiger partial charge >= 0.3 is 0 Å². The number of aromatic nitrogens is 2. The van der Waals surface area contributed by atoms with Crippen LogP contribution in [-0.4, -0.2) is 20.2 Å². The summed E-state index contributed by atoms with van der Waals surface area (Å²) in [7, 11) is 0. The van der Waals surface area contributed by atoms with Gasteiger partial charge < -0.3 is 15.2 Å². The number of pyridine rings is 1. The molecule has 27 heavy (non-hydrogen) atoms. The first kappa shape index (κ1) is 19.7. The molecule has 2 aromatic heterocycles. The maximum atomic E-state index is 11.0. The average molecular weight is 383 g/mol. The molecule has 0 saturated heterocycles. The molecule has 1 aromatic carbocycles. The number of nitrogens with one attached hydrogen (secondary N) is 1. The average Bonchev–Trinajstić information content (AvgIpc) is 2.99. The lowest BCUT2D eigenvalue weighted by molar-refractivity contribution is 0.176. The second kappa shape index (κ2) is 8.74. The van der Waals surface area contributed by atoms with Gasteiger partial charge in [-0.25, -0.2) is 0 Å². The van der Waals surface area contributed by atoms with Crippen molar-refractivity contribution in [3.8, 4) is 0 Å². The van der Waals surface area contributed by atoms with E-state index in [1.807, 2.05) is 43.3 Å². The Hall–Kier alpha value is -2.08. The van der Waals surface area contributed by atoms with E-state index < -0.39 is 6.10 Å². The highest BCUT2D eigenvalue weighted by Gasteiger charge is 2.24. The van der Waals surface area contributed by atoms with Crippen molar-refractivity contribution in [3.63, 3.8) is 0 Å². The van der Waals surface area contributed by atoms with Gasteiger partial charge in [-0.2, -0.15) is 0 Å². The first-order valence-corrected chi connectivity index (χ1v) is 9.98. The lowest BCUT2D eigenvalue weighted by Gasteiger charge is -2.17. The number of aliphatic hydroxyl groups is 2. The Morgan fingerprint density at radius 3 is 2.44 bits per heavy atom. The number of aliphatic hydroxyl groups excluding tert-OH is 2. The van der Waals surface area contributed by atoms with Crippen molar-refractivity contribution in [2.75, 3.05) is 0 Å². The Morgan fingerprint density at radius 2 is 1.78 bits per heavy atom. The fraction of sp³-hybridized carbons (Fsp3) is 0.318. The number of hydrogen-bond donors (Lipinski definition) is 3. The van der Waals surface area contributed by atoms with E-state index in [1.165, 1.54) is 0 Å². The fourth-order valence-corrected chi connectivity index (χ4v) is 4.69. The van der Waals surface area contributed by atoms with Crippen LogP contribution in [-0.2, 0) is 13.0 Å². The van der Waals surface area contributed by atoms with E-state index in [0.717, 1.165) is 37.9 Å². The highest BCUT2D eigenvalue weighted by Crippen LogP contribution is 2.41. The molecule has 3 rings (SSSR count). The summed E-state index contributed by atoms with van der Waals surface area (Å²) in [5.41, 5.74) is 5.08. The standard InChI is InChI=1S/C22H26N2O2S/c1-14(2)20-21(18(26)12-16-8-10-23-11-9-16)15(3)24-22(20)27-19-7-5-4-6-17(19)13-25/h4-11,14,18,24-26H,12-13H2,1-3H3. The molecule has 1 unspecified atom stereocenters. The zero-order valence-electron chi connectivity index (χ0n) is 15.9. The molecular formula is C22H26N2O2S. The molecule has 5 heteroatoms. The van der Waals surface area contributed by atoms with Gasteiger partial charge in [0.1, 0.15) is 0 Å². The van der Waals surface area contributed by atoms with Gasteiger partial charge in [-0.05, 0) is 47.7 Å². The predicted molar refractivity (Wildman–Crippen MR) is 109 cm³/mol. The van der Waals surface area contributed by atoms with Gasteiger partial charge in [-0.3, -0.25) is 4.98 Å². The number of H-pyrrole nitrogens is 1. The minimum Gasteiger partial charge on any atom is -0.392 e. The van der Waals surface area contributed by atoms with Crippen LogP contribution in [0.3, 0.4) is 0 Å². The topological polar surface area (TPSA) is 69.1 Å². The van der Waals surface area contributed by atoms with Crippen molar-refractivity contribution in [1.29, 1.82) is 0 Å². The summed E-state index contributed by atoms with van der Waals surface area (Å²) in [5.74, 6) is 0.265. The van der Waals surface area contributed by atoms with Crippen LogP contribution in [0.1, 0.15) is 53.8 Å². The van der Waals surface area contributed by atoms with Gasteiger partial charge in [0.25, 0.3) is 0 Å². The van der Waals surface area contributed by atoms with Gasteiger partial charge in [0.2, 0.25) is 0 Å². The minimum atomic E-state index is -0.580. The number of benzene rings is 1. The monoisotopic (exact) mass is 382 g/mol. The van der Waals surface area contributed by atoms with Gasteiger partial charge in [0, 0.05) is 35.0 Å². The number of aromatic amines is 1. The smallest absolute Gasteiger partial charge is 0.0850 e. The van der Waals surface area contributed by atoms with Crippen LogP contribution >= 0.6 is 11.8 Å². The normalized spacial score (nSPS) is 12.5. The summed E-state index contributed by atoms with van der Waals surface area (Å²) < 4.78 is 0. The van der Waals surface area contributed by atoms with E-state index in [1.54, 1.807) is 24.2 Å².